The lowest BCUT2D eigenvalue weighted by Crippen LogP contribution is -2.11. The van der Waals surface area contributed by atoms with E-state index in [0.717, 1.165) is 17.4 Å². The number of hydrogen-bond donors (Lipinski definition) is 1. The van der Waals surface area contributed by atoms with Crippen molar-refractivity contribution in [3.05, 3.63) is 50.9 Å². The van der Waals surface area contributed by atoms with Gasteiger partial charge in [0.05, 0.1) is 17.7 Å². The molecule has 104 valence electrons. The normalized spacial score (nSPS) is 10.2. The number of nitrogens with one attached hydrogen (secondary N) is 1. The van der Waals surface area contributed by atoms with Crippen molar-refractivity contribution in [3.8, 4) is 0 Å². The van der Waals surface area contributed by atoms with Crippen molar-refractivity contribution in [3.63, 3.8) is 0 Å². The predicted molar refractivity (Wildman–Crippen MR) is 75.0 cm³/mol. The molecule has 0 radical (unpaired) electrons. The summed E-state index contributed by atoms with van der Waals surface area (Å²) in [6, 6.07) is 6.79. The average molecular weight is 314 g/mol. The molecule has 1 aromatic heterocycles. The van der Waals surface area contributed by atoms with Gasteiger partial charge in [0.1, 0.15) is 10.7 Å². The summed E-state index contributed by atoms with van der Waals surface area (Å²) in [5.74, 6) is -1.64. The van der Waals surface area contributed by atoms with Crippen LogP contribution in [0.5, 0.6) is 0 Å². The van der Waals surface area contributed by atoms with E-state index in [1.165, 1.54) is 31.4 Å². The highest BCUT2D eigenvalue weighted by Gasteiger charge is 2.15. The fourth-order valence-corrected chi connectivity index (χ4v) is 2.44. The van der Waals surface area contributed by atoms with Gasteiger partial charge in [0, 0.05) is 5.02 Å². The molecule has 0 aliphatic carbocycles. The van der Waals surface area contributed by atoms with Gasteiger partial charge < -0.3 is 10.1 Å². The lowest BCUT2D eigenvalue weighted by Gasteiger charge is -2.05. The minimum absolute atomic E-state index is 0.0180. The lowest BCUT2D eigenvalue weighted by atomic mass is 10.3. The monoisotopic (exact) mass is 313 g/mol. The highest BCUT2D eigenvalue weighted by Crippen LogP contribution is 2.22. The van der Waals surface area contributed by atoms with Crippen LogP contribution in [0.25, 0.3) is 0 Å². The van der Waals surface area contributed by atoms with E-state index >= 15 is 0 Å². The van der Waals surface area contributed by atoms with Crippen LogP contribution in [-0.4, -0.2) is 19.0 Å². The Labute approximate surface area is 123 Å². The van der Waals surface area contributed by atoms with Crippen molar-refractivity contribution >= 4 is 40.5 Å². The molecule has 1 heterocycles. The number of halogens is 2. The Hall–Kier alpha value is -1.92. The van der Waals surface area contributed by atoms with Gasteiger partial charge in [-0.1, -0.05) is 11.6 Å². The fourth-order valence-electron chi connectivity index (χ4n) is 1.45. The molecule has 0 atom stereocenters. The van der Waals surface area contributed by atoms with Crippen molar-refractivity contribution in [1.82, 2.24) is 0 Å². The molecule has 2 rings (SSSR count). The van der Waals surface area contributed by atoms with Gasteiger partial charge in [-0.3, -0.25) is 4.79 Å². The SMILES string of the molecule is COC(=O)c1ccc(C(=O)Nc2cc(Cl)ccc2F)s1. The summed E-state index contributed by atoms with van der Waals surface area (Å²) in [5.41, 5.74) is -0.0180. The number of hydrogen-bond acceptors (Lipinski definition) is 4. The van der Waals surface area contributed by atoms with Crippen LogP contribution in [0.4, 0.5) is 10.1 Å². The third-order valence-electron chi connectivity index (χ3n) is 2.39. The zero-order valence-corrected chi connectivity index (χ0v) is 11.8. The average Bonchev–Trinajstić information content (AvgIpc) is 2.91. The Kier molecular flexibility index (Phi) is 4.36. The number of benzene rings is 1. The number of carbonyl (C=O) groups is 2. The molecule has 0 saturated heterocycles. The minimum atomic E-state index is -0.590. The summed E-state index contributed by atoms with van der Waals surface area (Å²) >= 11 is 6.70. The summed E-state index contributed by atoms with van der Waals surface area (Å²) in [7, 11) is 1.25. The maximum Gasteiger partial charge on any atom is 0.348 e. The number of methoxy groups -OCH3 is 1. The Balaban J connectivity index is 2.18. The molecule has 0 fully saturated rings. The molecule has 0 unspecified atom stereocenters. The maximum atomic E-state index is 13.5. The van der Waals surface area contributed by atoms with E-state index < -0.39 is 17.7 Å². The summed E-state index contributed by atoms with van der Waals surface area (Å²) in [6.07, 6.45) is 0. The molecule has 0 aliphatic rings. The number of anilines is 1. The standard InChI is InChI=1S/C13H9ClFNO3S/c1-19-13(18)11-5-4-10(20-11)12(17)16-9-6-7(14)2-3-8(9)15/h2-6H,1H3,(H,16,17). The topological polar surface area (TPSA) is 55.4 Å². The molecule has 1 N–H and O–H groups in total. The van der Waals surface area contributed by atoms with Crippen molar-refractivity contribution in [1.29, 1.82) is 0 Å². The van der Waals surface area contributed by atoms with Gasteiger partial charge in [-0.05, 0) is 30.3 Å². The summed E-state index contributed by atoms with van der Waals surface area (Å²) < 4.78 is 18.0. The van der Waals surface area contributed by atoms with Gasteiger partial charge in [0.2, 0.25) is 0 Å². The Bertz CT molecular complexity index is 671. The van der Waals surface area contributed by atoms with Crippen LogP contribution in [0.2, 0.25) is 5.02 Å². The summed E-state index contributed by atoms with van der Waals surface area (Å²) in [4.78, 5) is 23.8. The lowest BCUT2D eigenvalue weighted by molar-refractivity contribution is 0.0606. The molecule has 20 heavy (non-hydrogen) atoms. The van der Waals surface area contributed by atoms with Gasteiger partial charge >= 0.3 is 5.97 Å². The predicted octanol–water partition coefficient (Wildman–Crippen LogP) is 3.58. The molecule has 2 aromatic rings. The molecule has 0 aliphatic heterocycles. The van der Waals surface area contributed by atoms with Crippen LogP contribution in [0.3, 0.4) is 0 Å². The van der Waals surface area contributed by atoms with Crippen molar-refractivity contribution in [2.24, 2.45) is 0 Å². The molecular weight excluding hydrogens is 305 g/mol. The molecule has 0 bridgehead atoms. The number of esters is 1. The first kappa shape index (κ1) is 14.5. The molecule has 0 saturated carbocycles. The zero-order chi connectivity index (χ0) is 14.7. The van der Waals surface area contributed by atoms with Crippen LogP contribution in [0.15, 0.2) is 30.3 Å². The van der Waals surface area contributed by atoms with Gasteiger partial charge in [-0.25, -0.2) is 9.18 Å². The van der Waals surface area contributed by atoms with Crippen LogP contribution >= 0.6 is 22.9 Å². The quantitative estimate of drug-likeness (QED) is 0.881. The molecular formula is C13H9ClFNO3S. The molecule has 1 aromatic carbocycles. The molecule has 0 spiro atoms. The van der Waals surface area contributed by atoms with Gasteiger partial charge in [0.25, 0.3) is 5.91 Å². The molecule has 7 heteroatoms. The largest absolute Gasteiger partial charge is 0.465 e. The van der Waals surface area contributed by atoms with Crippen LogP contribution in [0.1, 0.15) is 19.3 Å². The van der Waals surface area contributed by atoms with E-state index in [4.69, 9.17) is 11.6 Å². The molecule has 4 nitrogen and oxygen atoms in total. The zero-order valence-electron chi connectivity index (χ0n) is 10.3. The van der Waals surface area contributed by atoms with Gasteiger partial charge in [0.15, 0.2) is 0 Å². The minimum Gasteiger partial charge on any atom is -0.465 e. The fraction of sp³-hybridized carbons (Fsp3) is 0.0769. The first-order chi connectivity index (χ1) is 9.51. The van der Waals surface area contributed by atoms with Crippen molar-refractivity contribution in [2.45, 2.75) is 0 Å². The second kappa shape index (κ2) is 6.02. The van der Waals surface area contributed by atoms with Gasteiger partial charge in [-0.2, -0.15) is 0 Å². The van der Waals surface area contributed by atoms with E-state index in [-0.39, 0.29) is 10.6 Å². The Morgan fingerprint density at radius 1 is 1.25 bits per heavy atom. The van der Waals surface area contributed by atoms with Crippen molar-refractivity contribution in [2.75, 3.05) is 12.4 Å². The second-order valence-corrected chi connectivity index (χ2v) is 5.25. The van der Waals surface area contributed by atoms with E-state index in [9.17, 15) is 14.0 Å². The highest BCUT2D eigenvalue weighted by molar-refractivity contribution is 7.16. The van der Waals surface area contributed by atoms with E-state index in [0.29, 0.717) is 9.90 Å². The number of thiophene rings is 1. The third-order valence-corrected chi connectivity index (χ3v) is 3.69. The Morgan fingerprint density at radius 3 is 2.65 bits per heavy atom. The third kappa shape index (κ3) is 3.15. The Morgan fingerprint density at radius 2 is 1.95 bits per heavy atom. The second-order valence-electron chi connectivity index (χ2n) is 3.73. The number of ether oxygens (including phenoxy) is 1. The number of rotatable bonds is 3. The van der Waals surface area contributed by atoms with E-state index in [1.54, 1.807) is 0 Å². The van der Waals surface area contributed by atoms with Crippen molar-refractivity contribution < 1.29 is 18.7 Å². The summed E-state index contributed by atoms with van der Waals surface area (Å²) in [5, 5.41) is 2.71. The van der Waals surface area contributed by atoms with E-state index in [2.05, 4.69) is 10.1 Å². The maximum absolute atomic E-state index is 13.5. The van der Waals surface area contributed by atoms with Gasteiger partial charge in [-0.15, -0.1) is 11.3 Å². The van der Waals surface area contributed by atoms with Crippen LogP contribution in [0, 0.1) is 5.82 Å². The first-order valence-corrected chi connectivity index (χ1v) is 6.65. The van der Waals surface area contributed by atoms with Crippen LogP contribution in [-0.2, 0) is 4.74 Å². The summed E-state index contributed by atoms with van der Waals surface area (Å²) in [6.45, 7) is 0. The molecule has 1 amide bonds. The van der Waals surface area contributed by atoms with Crippen LogP contribution < -0.4 is 5.32 Å². The smallest absolute Gasteiger partial charge is 0.348 e. The van der Waals surface area contributed by atoms with E-state index in [1.807, 2.05) is 0 Å². The number of carbonyl (C=O) groups excluding carboxylic acids is 2. The highest BCUT2D eigenvalue weighted by atomic mass is 35.5. The number of amides is 1. The first-order valence-electron chi connectivity index (χ1n) is 5.46.